The normalized spacial score (nSPS) is 24.5. The van der Waals surface area contributed by atoms with Gasteiger partial charge in [0.15, 0.2) is 5.25 Å². The molecule has 1 rings (SSSR count). The first-order valence-electron chi connectivity index (χ1n) is 6.14. The van der Waals surface area contributed by atoms with Crippen LogP contribution in [0.2, 0.25) is 0 Å². The zero-order chi connectivity index (χ0) is 13.1. The highest BCUT2D eigenvalue weighted by Gasteiger charge is 2.38. The van der Waals surface area contributed by atoms with Crippen LogP contribution in [0.25, 0.3) is 0 Å². The predicted molar refractivity (Wildman–Crippen MR) is 65.3 cm³/mol. The fourth-order valence-electron chi connectivity index (χ4n) is 2.26. The van der Waals surface area contributed by atoms with Crippen LogP contribution < -0.4 is 0 Å². The van der Waals surface area contributed by atoms with Crippen LogP contribution in [0.1, 0.15) is 46.0 Å². The molecule has 0 spiro atoms. The number of nitrogens with zero attached hydrogens (tertiary/aromatic N) is 1. The molecule has 1 aliphatic heterocycles. The zero-order valence-electron chi connectivity index (χ0n) is 10.4. The molecule has 17 heavy (non-hydrogen) atoms. The van der Waals surface area contributed by atoms with E-state index in [1.165, 1.54) is 11.2 Å². The molecule has 1 heterocycles. The van der Waals surface area contributed by atoms with Gasteiger partial charge < -0.3 is 5.11 Å². The molecule has 5 nitrogen and oxygen atoms in total. The fourth-order valence-corrected chi connectivity index (χ4v) is 3.93. The Balaban J connectivity index is 2.90. The lowest BCUT2D eigenvalue weighted by molar-refractivity contribution is -0.136. The molecule has 1 fully saturated rings. The summed E-state index contributed by atoms with van der Waals surface area (Å²) >= 11 is 0. The number of carboxylic acids is 1. The van der Waals surface area contributed by atoms with Crippen molar-refractivity contribution in [3.8, 4) is 0 Å². The molecule has 6 heteroatoms. The minimum Gasteiger partial charge on any atom is -0.480 e. The Hall–Kier alpha value is -0.620. The summed E-state index contributed by atoms with van der Waals surface area (Å²) in [5.74, 6) is -1.27. The van der Waals surface area contributed by atoms with Crippen molar-refractivity contribution >= 4 is 16.0 Å². The van der Waals surface area contributed by atoms with Crippen LogP contribution in [0, 0.1) is 0 Å². The van der Waals surface area contributed by atoms with E-state index in [0.717, 1.165) is 32.1 Å². The molecule has 100 valence electrons. The van der Waals surface area contributed by atoms with Gasteiger partial charge >= 0.3 is 5.97 Å². The second kappa shape index (κ2) is 5.82. The molecule has 2 atom stereocenters. The topological polar surface area (TPSA) is 74.7 Å². The van der Waals surface area contributed by atoms with Gasteiger partial charge in [-0.05, 0) is 26.2 Å². The SMILES string of the molecule is CCCC1CCCCN1S(=O)(=O)C(C)C(=O)O. The molecule has 0 bridgehead atoms. The largest absolute Gasteiger partial charge is 0.480 e. The quantitative estimate of drug-likeness (QED) is 0.814. The molecule has 0 radical (unpaired) electrons. The van der Waals surface area contributed by atoms with Crippen LogP contribution in [-0.4, -0.2) is 41.6 Å². The third-order valence-corrected chi connectivity index (χ3v) is 5.55. The number of piperidine rings is 1. The van der Waals surface area contributed by atoms with E-state index in [-0.39, 0.29) is 6.04 Å². The van der Waals surface area contributed by atoms with Gasteiger partial charge in [0.1, 0.15) is 0 Å². The van der Waals surface area contributed by atoms with E-state index in [4.69, 9.17) is 5.11 Å². The number of sulfonamides is 1. The molecule has 1 N–H and O–H groups in total. The van der Waals surface area contributed by atoms with Crippen LogP contribution in [0.5, 0.6) is 0 Å². The summed E-state index contributed by atoms with van der Waals surface area (Å²) in [5.41, 5.74) is 0. The van der Waals surface area contributed by atoms with E-state index >= 15 is 0 Å². The van der Waals surface area contributed by atoms with Crippen molar-refractivity contribution in [3.63, 3.8) is 0 Å². The summed E-state index contributed by atoms with van der Waals surface area (Å²) < 4.78 is 25.7. The minimum absolute atomic E-state index is 0.0134. The number of hydrogen-bond acceptors (Lipinski definition) is 3. The Morgan fingerprint density at radius 1 is 1.47 bits per heavy atom. The summed E-state index contributed by atoms with van der Waals surface area (Å²) in [7, 11) is -3.70. The van der Waals surface area contributed by atoms with E-state index in [9.17, 15) is 13.2 Å². The summed E-state index contributed by atoms with van der Waals surface area (Å²) in [5, 5.41) is 7.51. The Kier molecular flexibility index (Phi) is 4.94. The Morgan fingerprint density at radius 2 is 2.12 bits per heavy atom. The van der Waals surface area contributed by atoms with Crippen molar-refractivity contribution < 1.29 is 18.3 Å². The van der Waals surface area contributed by atoms with E-state index in [1.807, 2.05) is 6.92 Å². The molecule has 1 aliphatic rings. The standard InChI is InChI=1S/C11H21NO4S/c1-3-6-10-7-4-5-8-12(10)17(15,16)9(2)11(13)14/h9-10H,3-8H2,1-2H3,(H,13,14). The van der Waals surface area contributed by atoms with Crippen LogP contribution in [0.3, 0.4) is 0 Å². The summed E-state index contributed by atoms with van der Waals surface area (Å²) in [6.07, 6.45) is 4.42. The number of rotatable bonds is 5. The molecular formula is C11H21NO4S. The summed E-state index contributed by atoms with van der Waals surface area (Å²) in [6.45, 7) is 3.72. The molecule has 2 unspecified atom stereocenters. The minimum atomic E-state index is -3.70. The van der Waals surface area contributed by atoms with Gasteiger partial charge in [-0.3, -0.25) is 4.79 Å². The fraction of sp³-hybridized carbons (Fsp3) is 0.909. The number of hydrogen-bond donors (Lipinski definition) is 1. The Bertz CT molecular complexity index is 364. The summed E-state index contributed by atoms with van der Waals surface area (Å²) in [4.78, 5) is 10.8. The van der Waals surface area contributed by atoms with Gasteiger partial charge in [-0.15, -0.1) is 0 Å². The van der Waals surface area contributed by atoms with E-state index < -0.39 is 21.2 Å². The van der Waals surface area contributed by atoms with Crippen LogP contribution in [0.15, 0.2) is 0 Å². The lowest BCUT2D eigenvalue weighted by Gasteiger charge is -2.35. The molecule has 0 amide bonds. The highest BCUT2D eigenvalue weighted by Crippen LogP contribution is 2.25. The maximum atomic E-state index is 12.2. The average molecular weight is 263 g/mol. The maximum absolute atomic E-state index is 12.2. The lowest BCUT2D eigenvalue weighted by Crippen LogP contribution is -2.48. The van der Waals surface area contributed by atoms with Gasteiger partial charge in [0.2, 0.25) is 10.0 Å². The molecular weight excluding hydrogens is 242 g/mol. The lowest BCUT2D eigenvalue weighted by atomic mass is 10.0. The van der Waals surface area contributed by atoms with Gasteiger partial charge in [0.05, 0.1) is 0 Å². The van der Waals surface area contributed by atoms with Crippen LogP contribution in [-0.2, 0) is 14.8 Å². The predicted octanol–water partition coefficient (Wildman–Crippen LogP) is 1.44. The van der Waals surface area contributed by atoms with E-state index in [2.05, 4.69) is 0 Å². The first kappa shape index (κ1) is 14.4. The first-order chi connectivity index (χ1) is 7.91. The summed E-state index contributed by atoms with van der Waals surface area (Å²) in [6, 6.07) is -0.0134. The van der Waals surface area contributed by atoms with Gasteiger partial charge in [0, 0.05) is 12.6 Å². The molecule has 0 aromatic rings. The Labute approximate surface area is 103 Å². The second-order valence-corrected chi connectivity index (χ2v) is 6.78. The third-order valence-electron chi connectivity index (χ3n) is 3.32. The van der Waals surface area contributed by atoms with Gasteiger partial charge in [0.25, 0.3) is 0 Å². The highest BCUT2D eigenvalue weighted by molar-refractivity contribution is 7.90. The van der Waals surface area contributed by atoms with Crippen molar-refractivity contribution in [2.45, 2.75) is 57.2 Å². The smallest absolute Gasteiger partial charge is 0.323 e. The zero-order valence-corrected chi connectivity index (χ0v) is 11.2. The van der Waals surface area contributed by atoms with Gasteiger partial charge in [-0.1, -0.05) is 19.8 Å². The average Bonchev–Trinajstić information content (AvgIpc) is 2.29. The highest BCUT2D eigenvalue weighted by atomic mass is 32.2. The number of aliphatic carboxylic acids is 1. The van der Waals surface area contributed by atoms with E-state index in [1.54, 1.807) is 0 Å². The molecule has 0 saturated carbocycles. The van der Waals surface area contributed by atoms with Gasteiger partial charge in [-0.25, -0.2) is 8.42 Å². The molecule has 0 aromatic heterocycles. The first-order valence-corrected chi connectivity index (χ1v) is 7.65. The number of carboxylic acid groups (broad SMARTS) is 1. The van der Waals surface area contributed by atoms with Crippen molar-refractivity contribution in [2.24, 2.45) is 0 Å². The van der Waals surface area contributed by atoms with Crippen LogP contribution in [0.4, 0.5) is 0 Å². The monoisotopic (exact) mass is 263 g/mol. The molecule has 0 aromatic carbocycles. The molecule has 1 saturated heterocycles. The third kappa shape index (κ3) is 3.19. The maximum Gasteiger partial charge on any atom is 0.323 e. The second-order valence-electron chi connectivity index (χ2n) is 4.57. The Morgan fingerprint density at radius 3 is 2.65 bits per heavy atom. The van der Waals surface area contributed by atoms with Gasteiger partial charge in [-0.2, -0.15) is 4.31 Å². The van der Waals surface area contributed by atoms with Crippen LogP contribution >= 0.6 is 0 Å². The van der Waals surface area contributed by atoms with E-state index in [0.29, 0.717) is 6.54 Å². The van der Waals surface area contributed by atoms with Crippen molar-refractivity contribution in [1.29, 1.82) is 0 Å². The van der Waals surface area contributed by atoms with Crippen molar-refractivity contribution in [3.05, 3.63) is 0 Å². The molecule has 0 aliphatic carbocycles. The number of carbonyl (C=O) groups is 1. The van der Waals surface area contributed by atoms with Crippen molar-refractivity contribution in [2.75, 3.05) is 6.54 Å². The van der Waals surface area contributed by atoms with Crippen molar-refractivity contribution in [1.82, 2.24) is 4.31 Å².